The third kappa shape index (κ3) is 3.62. The summed E-state index contributed by atoms with van der Waals surface area (Å²) in [6.45, 7) is 4.05. The molecule has 0 radical (unpaired) electrons. The summed E-state index contributed by atoms with van der Waals surface area (Å²) in [7, 11) is 1.65. The van der Waals surface area contributed by atoms with E-state index in [2.05, 4.69) is 16.4 Å². The lowest BCUT2D eigenvalue weighted by Gasteiger charge is -2.14. The van der Waals surface area contributed by atoms with E-state index in [9.17, 15) is 5.26 Å². The number of benzene rings is 1. The number of ether oxygens (including phenoxy) is 1. The van der Waals surface area contributed by atoms with E-state index >= 15 is 0 Å². The Hall–Kier alpha value is -2.91. The molecule has 6 heteroatoms. The van der Waals surface area contributed by atoms with Gasteiger partial charge in [0.25, 0.3) is 0 Å². The highest BCUT2D eigenvalue weighted by Crippen LogP contribution is 2.34. The van der Waals surface area contributed by atoms with Crippen LogP contribution in [-0.2, 0) is 0 Å². The molecular formula is C19H18N4OS. The maximum atomic E-state index is 9.20. The number of hydrogen-bond acceptors (Lipinski definition) is 6. The molecular weight excluding hydrogens is 332 g/mol. The van der Waals surface area contributed by atoms with E-state index in [4.69, 9.17) is 9.72 Å². The SMILES string of the molecule is COc1ccc(-c2nc(C)c(C(C)Nc3ncccc3C#N)s2)cc1. The predicted molar refractivity (Wildman–Crippen MR) is 99.8 cm³/mol. The number of nitriles is 1. The molecule has 1 unspecified atom stereocenters. The first-order valence-electron chi connectivity index (χ1n) is 7.85. The molecule has 0 bridgehead atoms. The van der Waals surface area contributed by atoms with Gasteiger partial charge in [0.1, 0.15) is 22.6 Å². The number of nitrogens with one attached hydrogen (secondary N) is 1. The van der Waals surface area contributed by atoms with E-state index in [0.29, 0.717) is 11.4 Å². The van der Waals surface area contributed by atoms with Gasteiger partial charge in [-0.1, -0.05) is 0 Å². The molecule has 3 rings (SSSR count). The van der Waals surface area contributed by atoms with Crippen LogP contribution in [0.4, 0.5) is 5.82 Å². The van der Waals surface area contributed by atoms with E-state index in [1.807, 2.05) is 38.1 Å². The largest absolute Gasteiger partial charge is 0.497 e. The normalized spacial score (nSPS) is 11.6. The van der Waals surface area contributed by atoms with Crippen molar-refractivity contribution in [1.82, 2.24) is 9.97 Å². The lowest BCUT2D eigenvalue weighted by atomic mass is 10.2. The van der Waals surface area contributed by atoms with Crippen LogP contribution in [0, 0.1) is 18.3 Å². The van der Waals surface area contributed by atoms with Crippen molar-refractivity contribution in [2.24, 2.45) is 0 Å². The van der Waals surface area contributed by atoms with Crippen molar-refractivity contribution < 1.29 is 4.74 Å². The van der Waals surface area contributed by atoms with Gasteiger partial charge in [0, 0.05) is 16.6 Å². The van der Waals surface area contributed by atoms with Crippen molar-refractivity contribution >= 4 is 17.2 Å². The van der Waals surface area contributed by atoms with Crippen LogP contribution in [0.2, 0.25) is 0 Å². The van der Waals surface area contributed by atoms with Gasteiger partial charge in [-0.05, 0) is 50.2 Å². The Kier molecular flexibility index (Phi) is 4.96. The Morgan fingerprint density at radius 3 is 2.68 bits per heavy atom. The number of aryl methyl sites for hydroxylation is 1. The van der Waals surface area contributed by atoms with Crippen LogP contribution >= 0.6 is 11.3 Å². The molecule has 0 saturated heterocycles. The van der Waals surface area contributed by atoms with E-state index < -0.39 is 0 Å². The summed E-state index contributed by atoms with van der Waals surface area (Å²) in [5.74, 6) is 1.42. The zero-order chi connectivity index (χ0) is 17.8. The second-order valence-corrected chi connectivity index (χ2v) is 6.61. The zero-order valence-electron chi connectivity index (χ0n) is 14.3. The summed E-state index contributed by atoms with van der Waals surface area (Å²) in [6.07, 6.45) is 1.68. The molecule has 126 valence electrons. The molecule has 3 aromatic rings. The number of nitrogens with zero attached hydrogens (tertiary/aromatic N) is 3. The van der Waals surface area contributed by atoms with E-state index in [-0.39, 0.29) is 6.04 Å². The third-order valence-corrected chi connectivity index (χ3v) is 5.23. The molecule has 1 N–H and O–H groups in total. The van der Waals surface area contributed by atoms with Gasteiger partial charge >= 0.3 is 0 Å². The Balaban J connectivity index is 1.85. The van der Waals surface area contributed by atoms with E-state index in [0.717, 1.165) is 26.9 Å². The predicted octanol–water partition coefficient (Wildman–Crippen LogP) is 4.57. The van der Waals surface area contributed by atoms with Crippen molar-refractivity contribution in [1.29, 1.82) is 5.26 Å². The van der Waals surface area contributed by atoms with Gasteiger partial charge in [0.05, 0.1) is 24.4 Å². The van der Waals surface area contributed by atoms with Gasteiger partial charge in [0.15, 0.2) is 0 Å². The summed E-state index contributed by atoms with van der Waals surface area (Å²) < 4.78 is 5.20. The van der Waals surface area contributed by atoms with Crippen LogP contribution in [-0.4, -0.2) is 17.1 Å². The maximum absolute atomic E-state index is 9.20. The van der Waals surface area contributed by atoms with Crippen molar-refractivity contribution in [2.75, 3.05) is 12.4 Å². The average molecular weight is 350 g/mol. The molecule has 1 aromatic carbocycles. The molecule has 0 fully saturated rings. The van der Waals surface area contributed by atoms with Crippen molar-refractivity contribution in [3.8, 4) is 22.4 Å². The van der Waals surface area contributed by atoms with Crippen LogP contribution in [0.3, 0.4) is 0 Å². The molecule has 25 heavy (non-hydrogen) atoms. The van der Waals surface area contributed by atoms with E-state index in [1.165, 1.54) is 0 Å². The third-order valence-electron chi connectivity index (χ3n) is 3.84. The molecule has 0 saturated carbocycles. The average Bonchev–Trinajstić information content (AvgIpc) is 3.04. The van der Waals surface area contributed by atoms with E-state index in [1.54, 1.807) is 36.8 Å². The molecule has 0 spiro atoms. The quantitative estimate of drug-likeness (QED) is 0.730. The minimum Gasteiger partial charge on any atom is -0.497 e. The molecule has 0 aliphatic rings. The Bertz CT molecular complexity index is 912. The highest BCUT2D eigenvalue weighted by atomic mass is 32.1. The van der Waals surface area contributed by atoms with Crippen LogP contribution in [0.1, 0.15) is 29.1 Å². The minimum atomic E-state index is 0.00602. The molecule has 5 nitrogen and oxygen atoms in total. The first-order valence-corrected chi connectivity index (χ1v) is 8.67. The van der Waals surface area contributed by atoms with Crippen LogP contribution in [0.5, 0.6) is 5.75 Å². The summed E-state index contributed by atoms with van der Waals surface area (Å²) in [5.41, 5.74) is 2.57. The number of pyridine rings is 1. The fraction of sp³-hybridized carbons (Fsp3) is 0.211. The molecule has 0 amide bonds. The Morgan fingerprint density at radius 2 is 2.00 bits per heavy atom. The Morgan fingerprint density at radius 1 is 1.24 bits per heavy atom. The van der Waals surface area contributed by atoms with Gasteiger partial charge in [-0.3, -0.25) is 0 Å². The van der Waals surface area contributed by atoms with Crippen molar-refractivity contribution in [3.05, 3.63) is 58.7 Å². The summed E-state index contributed by atoms with van der Waals surface area (Å²) in [4.78, 5) is 10.1. The van der Waals surface area contributed by atoms with Crippen molar-refractivity contribution in [3.63, 3.8) is 0 Å². The fourth-order valence-electron chi connectivity index (χ4n) is 2.55. The van der Waals surface area contributed by atoms with Crippen LogP contribution < -0.4 is 10.1 Å². The number of thiazole rings is 1. The first-order chi connectivity index (χ1) is 12.1. The van der Waals surface area contributed by atoms with Crippen LogP contribution in [0.15, 0.2) is 42.6 Å². The lowest BCUT2D eigenvalue weighted by molar-refractivity contribution is 0.415. The standard InChI is InChI=1S/C19H18N4OS/c1-12(22-18-15(11-20)5-4-10-21-18)17-13(2)23-19(25-17)14-6-8-16(24-3)9-7-14/h4-10,12H,1-3H3,(H,21,22). The van der Waals surface area contributed by atoms with Gasteiger partial charge in [-0.25, -0.2) is 9.97 Å². The molecule has 2 heterocycles. The number of methoxy groups -OCH3 is 1. The Labute approximate surface area is 151 Å². The highest BCUT2D eigenvalue weighted by Gasteiger charge is 2.17. The molecule has 0 aliphatic heterocycles. The molecule has 0 aliphatic carbocycles. The number of rotatable bonds is 5. The molecule has 1 atom stereocenters. The van der Waals surface area contributed by atoms with Gasteiger partial charge in [-0.15, -0.1) is 11.3 Å². The molecule has 2 aromatic heterocycles. The highest BCUT2D eigenvalue weighted by molar-refractivity contribution is 7.15. The topological polar surface area (TPSA) is 70.8 Å². The van der Waals surface area contributed by atoms with Gasteiger partial charge < -0.3 is 10.1 Å². The van der Waals surface area contributed by atoms with Crippen LogP contribution in [0.25, 0.3) is 10.6 Å². The zero-order valence-corrected chi connectivity index (χ0v) is 15.1. The lowest BCUT2D eigenvalue weighted by Crippen LogP contribution is -2.08. The minimum absolute atomic E-state index is 0.00602. The van der Waals surface area contributed by atoms with Crippen molar-refractivity contribution in [2.45, 2.75) is 19.9 Å². The summed E-state index contributed by atoms with van der Waals surface area (Å²) >= 11 is 1.64. The van der Waals surface area contributed by atoms with Gasteiger partial charge in [-0.2, -0.15) is 5.26 Å². The second kappa shape index (κ2) is 7.32. The number of anilines is 1. The number of aromatic nitrogens is 2. The summed E-state index contributed by atoms with van der Waals surface area (Å²) in [6, 6.07) is 13.6. The maximum Gasteiger partial charge on any atom is 0.144 e. The second-order valence-electron chi connectivity index (χ2n) is 5.57. The number of hydrogen-bond donors (Lipinski definition) is 1. The monoisotopic (exact) mass is 350 g/mol. The smallest absolute Gasteiger partial charge is 0.144 e. The first kappa shape index (κ1) is 16.9. The fourth-order valence-corrected chi connectivity index (χ4v) is 3.62. The summed E-state index contributed by atoms with van der Waals surface area (Å²) in [5, 5.41) is 13.5. The van der Waals surface area contributed by atoms with Gasteiger partial charge in [0.2, 0.25) is 0 Å².